The lowest BCUT2D eigenvalue weighted by Crippen LogP contribution is -2.31. The van der Waals surface area contributed by atoms with E-state index in [9.17, 15) is 0 Å². The van der Waals surface area contributed by atoms with Crippen LogP contribution in [0.4, 0.5) is 17.2 Å². The van der Waals surface area contributed by atoms with Crippen molar-refractivity contribution in [2.45, 2.75) is 13.3 Å². The second-order valence-electron chi connectivity index (χ2n) is 3.76. The summed E-state index contributed by atoms with van der Waals surface area (Å²) in [6.07, 6.45) is 2.76. The zero-order valence-electron chi connectivity index (χ0n) is 8.95. The molecule has 0 fully saturated rings. The lowest BCUT2D eigenvalue weighted by atomic mass is 10.2. The van der Waals surface area contributed by atoms with E-state index in [0.717, 1.165) is 42.3 Å². The number of hydrogen-bond acceptors (Lipinski definition) is 5. The van der Waals surface area contributed by atoms with E-state index in [1.165, 1.54) is 0 Å². The van der Waals surface area contributed by atoms with E-state index >= 15 is 0 Å². The number of nitrogens with one attached hydrogen (secondary N) is 1. The third-order valence-corrected chi connectivity index (χ3v) is 2.78. The van der Waals surface area contributed by atoms with Crippen LogP contribution in [0.15, 0.2) is 6.20 Å². The van der Waals surface area contributed by atoms with Gasteiger partial charge in [-0.15, -0.1) is 0 Å². The monoisotopic (exact) mass is 207 g/mol. The third-order valence-electron chi connectivity index (χ3n) is 2.78. The zero-order chi connectivity index (χ0) is 10.8. The molecule has 5 nitrogen and oxygen atoms in total. The van der Waals surface area contributed by atoms with Crippen LogP contribution >= 0.6 is 0 Å². The summed E-state index contributed by atoms with van der Waals surface area (Å²) >= 11 is 0. The van der Waals surface area contributed by atoms with Gasteiger partial charge in [0.15, 0.2) is 0 Å². The van der Waals surface area contributed by atoms with Crippen LogP contribution in [-0.2, 0) is 0 Å². The van der Waals surface area contributed by atoms with Gasteiger partial charge in [-0.25, -0.2) is 4.98 Å². The van der Waals surface area contributed by atoms with E-state index in [2.05, 4.69) is 15.2 Å². The molecule has 0 aliphatic carbocycles. The van der Waals surface area contributed by atoms with Crippen LogP contribution in [0.1, 0.15) is 12.0 Å². The average molecular weight is 207 g/mol. The second-order valence-corrected chi connectivity index (χ2v) is 3.76. The Bertz CT molecular complexity index is 363. The molecule has 1 aliphatic heterocycles. The van der Waals surface area contributed by atoms with Crippen molar-refractivity contribution in [2.75, 3.05) is 35.7 Å². The minimum Gasteiger partial charge on any atom is -0.397 e. The van der Waals surface area contributed by atoms with Crippen LogP contribution in [0.3, 0.4) is 0 Å². The van der Waals surface area contributed by atoms with Crippen molar-refractivity contribution in [1.82, 2.24) is 4.98 Å². The molecule has 1 aliphatic rings. The van der Waals surface area contributed by atoms with Gasteiger partial charge in [0.05, 0.1) is 24.2 Å². The lowest BCUT2D eigenvalue weighted by molar-refractivity contribution is 0.771. The number of nitrogen functional groups attached to an aromatic ring is 1. The predicted octanol–water partition coefficient (Wildman–Crippen LogP) is 0.510. The second kappa shape index (κ2) is 3.94. The van der Waals surface area contributed by atoms with Gasteiger partial charge in [-0.3, -0.25) is 0 Å². The highest BCUT2D eigenvalue weighted by Crippen LogP contribution is 2.32. The molecule has 2 heterocycles. The minimum atomic E-state index is 0.501. The van der Waals surface area contributed by atoms with Gasteiger partial charge < -0.3 is 21.7 Å². The van der Waals surface area contributed by atoms with Gasteiger partial charge in [-0.1, -0.05) is 0 Å². The number of nitrogens with zero attached hydrogens (tertiary/aromatic N) is 2. The molecule has 0 radical (unpaired) electrons. The molecule has 5 N–H and O–H groups in total. The summed E-state index contributed by atoms with van der Waals surface area (Å²) in [6, 6.07) is 0. The first-order valence-corrected chi connectivity index (χ1v) is 5.18. The standard InChI is InChI=1S/C10H17N5/c1-7-8(12)5-14-10-9(7)15(6-11)4-2-3-13-10/h5H,2-4,6,11-12H2,1H3,(H,13,14). The van der Waals surface area contributed by atoms with Crippen molar-refractivity contribution in [1.29, 1.82) is 0 Å². The molecule has 2 rings (SSSR count). The first-order chi connectivity index (χ1) is 7.24. The Morgan fingerprint density at radius 2 is 2.40 bits per heavy atom. The van der Waals surface area contributed by atoms with Gasteiger partial charge in [0.25, 0.3) is 0 Å². The third kappa shape index (κ3) is 1.70. The fourth-order valence-electron chi connectivity index (χ4n) is 1.89. The smallest absolute Gasteiger partial charge is 0.150 e. The SMILES string of the molecule is Cc1c(N)cnc2c1N(CN)CCCN2. The van der Waals surface area contributed by atoms with Crippen LogP contribution in [0.5, 0.6) is 0 Å². The van der Waals surface area contributed by atoms with Gasteiger partial charge in [-0.05, 0) is 13.3 Å². The van der Waals surface area contributed by atoms with Gasteiger partial charge in [0.2, 0.25) is 0 Å². The summed E-state index contributed by atoms with van der Waals surface area (Å²) in [5, 5.41) is 3.29. The molecule has 1 aromatic heterocycles. The lowest BCUT2D eigenvalue weighted by Gasteiger charge is -2.24. The van der Waals surface area contributed by atoms with Crippen molar-refractivity contribution >= 4 is 17.2 Å². The molecular formula is C10H17N5. The Morgan fingerprint density at radius 1 is 1.60 bits per heavy atom. The van der Waals surface area contributed by atoms with Crippen molar-refractivity contribution in [2.24, 2.45) is 5.73 Å². The van der Waals surface area contributed by atoms with Crippen molar-refractivity contribution in [3.05, 3.63) is 11.8 Å². The van der Waals surface area contributed by atoms with E-state index in [-0.39, 0.29) is 0 Å². The van der Waals surface area contributed by atoms with Crippen LogP contribution in [0, 0.1) is 6.92 Å². The Balaban J connectivity index is 2.52. The van der Waals surface area contributed by atoms with Crippen LogP contribution in [0.25, 0.3) is 0 Å². The first-order valence-electron chi connectivity index (χ1n) is 5.18. The van der Waals surface area contributed by atoms with Gasteiger partial charge in [0.1, 0.15) is 5.82 Å². The summed E-state index contributed by atoms with van der Waals surface area (Å²) < 4.78 is 0. The van der Waals surface area contributed by atoms with Crippen molar-refractivity contribution in [3.63, 3.8) is 0 Å². The molecule has 1 aromatic rings. The maximum atomic E-state index is 5.85. The maximum Gasteiger partial charge on any atom is 0.150 e. The van der Waals surface area contributed by atoms with Crippen LogP contribution in [-0.4, -0.2) is 24.7 Å². The van der Waals surface area contributed by atoms with E-state index in [1.54, 1.807) is 6.20 Å². The number of pyridine rings is 1. The average Bonchev–Trinajstić information content (AvgIpc) is 2.45. The van der Waals surface area contributed by atoms with Crippen LogP contribution < -0.4 is 21.7 Å². The number of anilines is 3. The molecule has 0 atom stereocenters. The molecule has 5 heteroatoms. The summed E-state index contributed by atoms with van der Waals surface area (Å²) in [4.78, 5) is 6.42. The number of fused-ring (bicyclic) bond motifs is 1. The summed E-state index contributed by atoms with van der Waals surface area (Å²) in [5.41, 5.74) is 14.4. The highest BCUT2D eigenvalue weighted by atomic mass is 15.2. The topological polar surface area (TPSA) is 80.2 Å². The number of nitrogens with two attached hydrogens (primary N) is 2. The maximum absolute atomic E-state index is 5.85. The van der Waals surface area contributed by atoms with Gasteiger partial charge in [0, 0.05) is 18.7 Å². The van der Waals surface area contributed by atoms with Crippen molar-refractivity contribution < 1.29 is 0 Å². The highest BCUT2D eigenvalue weighted by Gasteiger charge is 2.18. The Labute approximate surface area is 89.5 Å². The summed E-state index contributed by atoms with van der Waals surface area (Å²) in [6.45, 7) is 4.38. The zero-order valence-corrected chi connectivity index (χ0v) is 8.95. The van der Waals surface area contributed by atoms with Gasteiger partial charge >= 0.3 is 0 Å². The molecule has 0 amide bonds. The Kier molecular flexibility index (Phi) is 2.64. The van der Waals surface area contributed by atoms with E-state index in [4.69, 9.17) is 11.5 Å². The molecule has 0 aromatic carbocycles. The largest absolute Gasteiger partial charge is 0.397 e. The Hall–Kier alpha value is -1.49. The fourth-order valence-corrected chi connectivity index (χ4v) is 1.89. The number of rotatable bonds is 1. The molecule has 15 heavy (non-hydrogen) atoms. The summed E-state index contributed by atoms with van der Waals surface area (Å²) in [5.74, 6) is 0.893. The minimum absolute atomic E-state index is 0.501. The molecule has 82 valence electrons. The predicted molar refractivity (Wildman–Crippen MR) is 62.9 cm³/mol. The quantitative estimate of drug-likeness (QED) is 0.625. The Morgan fingerprint density at radius 3 is 3.13 bits per heavy atom. The normalized spacial score (nSPS) is 15.5. The van der Waals surface area contributed by atoms with Gasteiger partial charge in [-0.2, -0.15) is 0 Å². The van der Waals surface area contributed by atoms with E-state index < -0.39 is 0 Å². The molecule has 0 bridgehead atoms. The molecule has 0 saturated heterocycles. The number of aromatic nitrogens is 1. The van der Waals surface area contributed by atoms with E-state index in [0.29, 0.717) is 6.67 Å². The highest BCUT2D eigenvalue weighted by molar-refractivity contribution is 5.75. The summed E-state index contributed by atoms with van der Waals surface area (Å²) in [7, 11) is 0. The fraction of sp³-hybridized carbons (Fsp3) is 0.500. The molecule has 0 unspecified atom stereocenters. The first kappa shape index (κ1) is 10.0. The number of hydrogen-bond donors (Lipinski definition) is 3. The van der Waals surface area contributed by atoms with E-state index in [1.807, 2.05) is 6.92 Å². The molecular weight excluding hydrogens is 190 g/mol. The molecule has 0 spiro atoms. The van der Waals surface area contributed by atoms with Crippen molar-refractivity contribution in [3.8, 4) is 0 Å². The van der Waals surface area contributed by atoms with Crippen LogP contribution in [0.2, 0.25) is 0 Å². The molecule has 0 saturated carbocycles.